The van der Waals surface area contributed by atoms with Gasteiger partial charge in [0, 0.05) is 25.2 Å². The van der Waals surface area contributed by atoms with Crippen molar-refractivity contribution in [2.45, 2.75) is 24.9 Å². The first-order valence-corrected chi connectivity index (χ1v) is 10.7. The number of carbonyl (C=O) groups excluding carboxylic acids is 1. The molecule has 2 aromatic heterocycles. The molecule has 144 valence electrons. The van der Waals surface area contributed by atoms with Gasteiger partial charge in [-0.1, -0.05) is 23.7 Å². The van der Waals surface area contributed by atoms with Crippen molar-refractivity contribution in [2.24, 2.45) is 0 Å². The molecule has 1 N–H and O–H groups in total. The molecule has 0 saturated carbocycles. The van der Waals surface area contributed by atoms with Crippen LogP contribution in [-0.4, -0.2) is 52.5 Å². The number of fused-ring (bicyclic) bond motifs is 3. The maximum atomic E-state index is 12.5. The predicted octanol–water partition coefficient (Wildman–Crippen LogP) is 3.64. The minimum atomic E-state index is -0.0248. The Morgan fingerprint density at radius 2 is 1.96 bits per heavy atom. The van der Waals surface area contributed by atoms with Gasteiger partial charge in [-0.2, -0.15) is 0 Å². The molecule has 2 bridgehead atoms. The molecule has 28 heavy (non-hydrogen) atoms. The van der Waals surface area contributed by atoms with Crippen molar-refractivity contribution in [1.29, 1.82) is 0 Å². The van der Waals surface area contributed by atoms with E-state index in [-0.39, 0.29) is 5.91 Å². The van der Waals surface area contributed by atoms with Crippen LogP contribution >= 0.6 is 22.9 Å². The molecule has 1 aromatic carbocycles. The summed E-state index contributed by atoms with van der Waals surface area (Å²) in [5.41, 5.74) is 0.664. The van der Waals surface area contributed by atoms with Gasteiger partial charge in [-0.25, -0.2) is 9.97 Å². The minimum absolute atomic E-state index is 0.0248. The van der Waals surface area contributed by atoms with Crippen LogP contribution in [0.4, 0.5) is 11.5 Å². The quantitative estimate of drug-likeness (QED) is 0.707. The molecule has 2 fully saturated rings. The Balaban J connectivity index is 1.29. The van der Waals surface area contributed by atoms with Crippen molar-refractivity contribution in [2.75, 3.05) is 29.9 Å². The molecule has 2 aliphatic rings. The van der Waals surface area contributed by atoms with Crippen LogP contribution < -0.4 is 10.2 Å². The maximum Gasteiger partial charge on any atom is 0.238 e. The largest absolute Gasteiger partial charge is 0.347 e. The summed E-state index contributed by atoms with van der Waals surface area (Å²) in [5.74, 6) is 1.02. The molecular weight excluding hydrogens is 394 g/mol. The summed E-state index contributed by atoms with van der Waals surface area (Å²) in [6, 6.07) is 10.2. The van der Waals surface area contributed by atoms with Gasteiger partial charge >= 0.3 is 0 Å². The van der Waals surface area contributed by atoms with Crippen LogP contribution in [0.15, 0.2) is 42.0 Å². The molecule has 1 amide bonds. The van der Waals surface area contributed by atoms with Gasteiger partial charge in [0.05, 0.1) is 22.6 Å². The lowest BCUT2D eigenvalue weighted by Gasteiger charge is -2.41. The Morgan fingerprint density at radius 1 is 1.18 bits per heavy atom. The number of carbonyl (C=O) groups is 1. The summed E-state index contributed by atoms with van der Waals surface area (Å²) in [6.07, 6.45) is 3.92. The van der Waals surface area contributed by atoms with E-state index in [0.717, 1.165) is 42.0 Å². The number of hydrogen-bond donors (Lipinski definition) is 1. The van der Waals surface area contributed by atoms with Crippen LogP contribution in [0.3, 0.4) is 0 Å². The van der Waals surface area contributed by atoms with E-state index in [9.17, 15) is 4.79 Å². The van der Waals surface area contributed by atoms with Gasteiger partial charge in [-0.3, -0.25) is 9.69 Å². The molecule has 2 aliphatic heterocycles. The average Bonchev–Trinajstić information content (AvgIpc) is 3.26. The number of piperazine rings is 1. The van der Waals surface area contributed by atoms with Crippen molar-refractivity contribution in [3.63, 3.8) is 0 Å². The Labute approximate surface area is 172 Å². The van der Waals surface area contributed by atoms with Crippen LogP contribution in [0.2, 0.25) is 5.02 Å². The standard InChI is InChI=1S/C20H20ClN5OS/c21-16-3-1-2-4-17(16)24-18(27)11-25-9-13-5-6-14(10-25)26(13)19-15-7-8-28-20(15)23-12-22-19/h1-4,7-8,12-14H,5-6,9-11H2,(H,24,27). The summed E-state index contributed by atoms with van der Waals surface area (Å²) in [4.78, 5) is 27.2. The van der Waals surface area contributed by atoms with E-state index < -0.39 is 0 Å². The fourth-order valence-electron chi connectivity index (χ4n) is 4.40. The van der Waals surface area contributed by atoms with Gasteiger partial charge in [-0.15, -0.1) is 11.3 Å². The van der Waals surface area contributed by atoms with E-state index in [1.54, 1.807) is 23.7 Å². The number of para-hydroxylation sites is 1. The van der Waals surface area contributed by atoms with Crippen molar-refractivity contribution < 1.29 is 4.79 Å². The van der Waals surface area contributed by atoms with Crippen LogP contribution in [-0.2, 0) is 4.79 Å². The van der Waals surface area contributed by atoms with Gasteiger partial charge in [0.2, 0.25) is 5.91 Å². The van der Waals surface area contributed by atoms with Gasteiger partial charge in [-0.05, 0) is 36.4 Å². The monoisotopic (exact) mass is 413 g/mol. The lowest BCUT2D eigenvalue weighted by atomic mass is 10.1. The Bertz CT molecular complexity index is 1010. The summed E-state index contributed by atoms with van der Waals surface area (Å²) < 4.78 is 0. The van der Waals surface area contributed by atoms with Crippen molar-refractivity contribution in [3.8, 4) is 0 Å². The number of rotatable bonds is 4. The van der Waals surface area contributed by atoms with Crippen molar-refractivity contribution in [3.05, 3.63) is 47.1 Å². The molecule has 3 aromatic rings. The highest BCUT2D eigenvalue weighted by Gasteiger charge is 2.41. The second-order valence-electron chi connectivity index (χ2n) is 7.35. The predicted molar refractivity (Wildman–Crippen MR) is 113 cm³/mol. The molecule has 2 atom stereocenters. The smallest absolute Gasteiger partial charge is 0.238 e. The fourth-order valence-corrected chi connectivity index (χ4v) is 5.31. The number of nitrogens with zero attached hydrogens (tertiary/aromatic N) is 4. The third-order valence-corrected chi connectivity index (χ3v) is 6.71. The Morgan fingerprint density at radius 3 is 2.75 bits per heavy atom. The number of anilines is 2. The van der Waals surface area contributed by atoms with Gasteiger partial charge in [0.1, 0.15) is 17.0 Å². The van der Waals surface area contributed by atoms with Crippen LogP contribution in [0.1, 0.15) is 12.8 Å². The summed E-state index contributed by atoms with van der Waals surface area (Å²) in [5, 5.41) is 6.69. The molecule has 0 aliphatic carbocycles. The van der Waals surface area contributed by atoms with E-state index in [2.05, 4.69) is 36.5 Å². The minimum Gasteiger partial charge on any atom is -0.347 e. The highest BCUT2D eigenvalue weighted by molar-refractivity contribution is 7.16. The van der Waals surface area contributed by atoms with Gasteiger partial charge in [0.15, 0.2) is 0 Å². The number of halogens is 1. The van der Waals surface area contributed by atoms with Crippen molar-refractivity contribution >= 4 is 50.6 Å². The number of amides is 1. The number of nitrogens with one attached hydrogen (secondary N) is 1. The molecule has 0 radical (unpaired) electrons. The average molecular weight is 414 g/mol. The first-order valence-electron chi connectivity index (χ1n) is 9.42. The molecule has 6 nitrogen and oxygen atoms in total. The third-order valence-electron chi connectivity index (χ3n) is 5.56. The second kappa shape index (κ2) is 7.31. The topological polar surface area (TPSA) is 61.4 Å². The molecule has 5 rings (SSSR count). The van der Waals surface area contributed by atoms with E-state index >= 15 is 0 Å². The van der Waals surface area contributed by atoms with E-state index in [4.69, 9.17) is 11.6 Å². The second-order valence-corrected chi connectivity index (χ2v) is 8.65. The van der Waals surface area contributed by atoms with Gasteiger partial charge in [0.25, 0.3) is 0 Å². The highest BCUT2D eigenvalue weighted by atomic mass is 35.5. The SMILES string of the molecule is O=C(CN1CC2CCC(C1)N2c1ncnc2sccc12)Nc1ccccc1Cl. The normalized spacial score (nSPS) is 22.0. The summed E-state index contributed by atoms with van der Waals surface area (Å²) in [6.45, 7) is 2.11. The zero-order valence-electron chi connectivity index (χ0n) is 15.2. The lowest BCUT2D eigenvalue weighted by Crippen LogP contribution is -2.55. The van der Waals surface area contributed by atoms with E-state index in [1.165, 1.54) is 0 Å². The lowest BCUT2D eigenvalue weighted by molar-refractivity contribution is -0.117. The third kappa shape index (κ3) is 3.23. The Kier molecular flexibility index (Phi) is 4.66. The number of thiophene rings is 1. The van der Waals surface area contributed by atoms with E-state index in [0.29, 0.717) is 29.3 Å². The molecular formula is C20H20ClN5OS. The Hall–Kier alpha value is -2.22. The van der Waals surface area contributed by atoms with E-state index in [1.807, 2.05) is 18.2 Å². The number of hydrogen-bond acceptors (Lipinski definition) is 6. The summed E-state index contributed by atoms with van der Waals surface area (Å²) in [7, 11) is 0. The fraction of sp³-hybridized carbons (Fsp3) is 0.350. The maximum absolute atomic E-state index is 12.5. The molecule has 2 unspecified atom stereocenters. The van der Waals surface area contributed by atoms with Crippen LogP contribution in [0, 0.1) is 0 Å². The molecule has 2 saturated heterocycles. The molecule has 4 heterocycles. The van der Waals surface area contributed by atoms with Crippen molar-refractivity contribution in [1.82, 2.24) is 14.9 Å². The van der Waals surface area contributed by atoms with Crippen LogP contribution in [0.5, 0.6) is 0 Å². The number of benzene rings is 1. The summed E-state index contributed by atoms with van der Waals surface area (Å²) >= 11 is 7.79. The molecule has 0 spiro atoms. The number of aromatic nitrogens is 2. The molecule has 8 heteroatoms. The van der Waals surface area contributed by atoms with Gasteiger partial charge < -0.3 is 10.2 Å². The highest BCUT2D eigenvalue weighted by Crippen LogP contribution is 2.37. The zero-order chi connectivity index (χ0) is 19.1. The first-order chi connectivity index (χ1) is 13.7. The first kappa shape index (κ1) is 17.8. The number of likely N-dealkylation sites (tertiary alicyclic amines) is 1. The van der Waals surface area contributed by atoms with Crippen LogP contribution in [0.25, 0.3) is 10.2 Å². The zero-order valence-corrected chi connectivity index (χ0v) is 16.8.